The van der Waals surface area contributed by atoms with Crippen LogP contribution in [0.1, 0.15) is 40.9 Å². The van der Waals surface area contributed by atoms with Crippen LogP contribution in [-0.4, -0.2) is 53.3 Å². The molecule has 2 fully saturated rings. The van der Waals surface area contributed by atoms with Gasteiger partial charge in [-0.2, -0.15) is 0 Å². The van der Waals surface area contributed by atoms with Crippen molar-refractivity contribution in [3.05, 3.63) is 35.0 Å². The molecule has 1 aromatic carbocycles. The number of benzene rings is 1. The van der Waals surface area contributed by atoms with Crippen LogP contribution >= 0.6 is 0 Å². The molecular formula is C22H28N2O4. The van der Waals surface area contributed by atoms with Crippen LogP contribution in [0.3, 0.4) is 0 Å². The fourth-order valence-corrected chi connectivity index (χ4v) is 5.23. The Bertz CT molecular complexity index is 948. The summed E-state index contributed by atoms with van der Waals surface area (Å²) in [6, 6.07) is 5.83. The molecule has 28 heavy (non-hydrogen) atoms. The van der Waals surface area contributed by atoms with E-state index in [0.717, 1.165) is 30.3 Å². The minimum absolute atomic E-state index is 0.0568. The van der Waals surface area contributed by atoms with Crippen molar-refractivity contribution in [3.63, 3.8) is 0 Å². The van der Waals surface area contributed by atoms with E-state index in [4.69, 9.17) is 4.74 Å². The number of aromatic nitrogens is 1. The number of aryl methyl sites for hydroxylation is 1. The van der Waals surface area contributed by atoms with Crippen molar-refractivity contribution in [2.45, 2.75) is 39.7 Å². The lowest BCUT2D eigenvalue weighted by Gasteiger charge is -2.23. The van der Waals surface area contributed by atoms with Gasteiger partial charge in [0, 0.05) is 48.9 Å². The number of carboxylic acids is 1. The van der Waals surface area contributed by atoms with Crippen LogP contribution in [0, 0.1) is 25.2 Å². The van der Waals surface area contributed by atoms with Gasteiger partial charge in [0.2, 0.25) is 0 Å². The molecule has 1 aliphatic carbocycles. The SMILES string of the molecule is COCCn1c(C)c(C)c2cc(C(=O)N3C[C@@H]4CCC[C@@]4(C(=O)O)C3)ccc21. The summed E-state index contributed by atoms with van der Waals surface area (Å²) in [6.45, 7) is 6.46. The highest BCUT2D eigenvalue weighted by Gasteiger charge is 2.55. The van der Waals surface area contributed by atoms with Gasteiger partial charge in [-0.05, 0) is 56.4 Å². The summed E-state index contributed by atoms with van der Waals surface area (Å²) >= 11 is 0. The summed E-state index contributed by atoms with van der Waals surface area (Å²) in [5.41, 5.74) is 3.34. The fourth-order valence-electron chi connectivity index (χ4n) is 5.23. The summed E-state index contributed by atoms with van der Waals surface area (Å²) in [4.78, 5) is 26.8. The number of nitrogens with zero attached hydrogens (tertiary/aromatic N) is 2. The molecule has 150 valence electrons. The molecule has 1 aromatic heterocycles. The summed E-state index contributed by atoms with van der Waals surface area (Å²) in [6.07, 6.45) is 2.52. The second-order valence-corrected chi connectivity index (χ2v) is 8.32. The van der Waals surface area contributed by atoms with Crippen molar-refractivity contribution >= 4 is 22.8 Å². The third-order valence-electron chi connectivity index (χ3n) is 6.99. The first-order valence-corrected chi connectivity index (χ1v) is 10.00. The number of amides is 1. The summed E-state index contributed by atoms with van der Waals surface area (Å²) in [5.74, 6) is -0.724. The highest BCUT2D eigenvalue weighted by Crippen LogP contribution is 2.49. The van der Waals surface area contributed by atoms with Crippen LogP contribution in [0.2, 0.25) is 0 Å². The van der Waals surface area contributed by atoms with Crippen molar-refractivity contribution < 1.29 is 19.4 Å². The summed E-state index contributed by atoms with van der Waals surface area (Å²) < 4.78 is 7.45. The van der Waals surface area contributed by atoms with Gasteiger partial charge in [-0.3, -0.25) is 9.59 Å². The first-order chi connectivity index (χ1) is 13.4. The van der Waals surface area contributed by atoms with Crippen LogP contribution in [0.15, 0.2) is 18.2 Å². The lowest BCUT2D eigenvalue weighted by Crippen LogP contribution is -2.37. The number of carboxylic acid groups (broad SMARTS) is 1. The van der Waals surface area contributed by atoms with Gasteiger partial charge in [0.15, 0.2) is 0 Å². The minimum atomic E-state index is -0.748. The Morgan fingerprint density at radius 3 is 2.79 bits per heavy atom. The number of hydrogen-bond donors (Lipinski definition) is 1. The van der Waals surface area contributed by atoms with E-state index < -0.39 is 11.4 Å². The van der Waals surface area contributed by atoms with Gasteiger partial charge in [0.05, 0.1) is 12.0 Å². The fraction of sp³-hybridized carbons (Fsp3) is 0.545. The molecule has 0 spiro atoms. The molecule has 4 rings (SSSR count). The lowest BCUT2D eigenvalue weighted by atomic mass is 9.81. The van der Waals surface area contributed by atoms with E-state index in [1.807, 2.05) is 18.2 Å². The molecule has 2 atom stereocenters. The quantitative estimate of drug-likeness (QED) is 0.859. The third-order valence-corrected chi connectivity index (χ3v) is 6.99. The van der Waals surface area contributed by atoms with Gasteiger partial charge in [-0.1, -0.05) is 6.42 Å². The molecule has 1 saturated carbocycles. The van der Waals surface area contributed by atoms with E-state index in [9.17, 15) is 14.7 Å². The van der Waals surface area contributed by atoms with E-state index in [2.05, 4.69) is 18.4 Å². The van der Waals surface area contributed by atoms with E-state index in [1.54, 1.807) is 12.0 Å². The molecule has 2 aliphatic rings. The largest absolute Gasteiger partial charge is 0.481 e. The van der Waals surface area contributed by atoms with E-state index in [1.165, 1.54) is 11.3 Å². The average molecular weight is 384 g/mol. The predicted octanol–water partition coefficient (Wildman–Crippen LogP) is 3.23. The normalized spacial score (nSPS) is 24.1. The Kier molecular flexibility index (Phi) is 4.70. The number of aliphatic carboxylic acids is 1. The molecule has 1 N–H and O–H groups in total. The van der Waals surface area contributed by atoms with Gasteiger partial charge in [0.1, 0.15) is 0 Å². The topological polar surface area (TPSA) is 71.8 Å². The molecule has 2 heterocycles. The van der Waals surface area contributed by atoms with Crippen molar-refractivity contribution in [3.8, 4) is 0 Å². The van der Waals surface area contributed by atoms with Gasteiger partial charge in [-0.15, -0.1) is 0 Å². The Morgan fingerprint density at radius 2 is 2.11 bits per heavy atom. The number of hydrogen-bond acceptors (Lipinski definition) is 3. The maximum atomic E-state index is 13.2. The van der Waals surface area contributed by atoms with Crippen molar-refractivity contribution in [1.29, 1.82) is 0 Å². The van der Waals surface area contributed by atoms with Crippen LogP contribution in [0.25, 0.3) is 10.9 Å². The Balaban J connectivity index is 1.64. The molecule has 1 amide bonds. The van der Waals surface area contributed by atoms with E-state index in [0.29, 0.717) is 31.7 Å². The predicted molar refractivity (Wildman–Crippen MR) is 107 cm³/mol. The van der Waals surface area contributed by atoms with Crippen LogP contribution < -0.4 is 0 Å². The standard InChI is InChI=1S/C22H28N2O4/c1-14-15(2)24(9-10-28-3)19-7-6-16(11-18(14)19)20(25)23-12-17-5-4-8-22(17,13-23)21(26)27/h6-7,11,17H,4-5,8-10,12-13H2,1-3H3,(H,26,27)/t17-,22+/m0/s1. The van der Waals surface area contributed by atoms with Gasteiger partial charge in [-0.25, -0.2) is 0 Å². The Morgan fingerprint density at radius 1 is 1.32 bits per heavy atom. The smallest absolute Gasteiger partial charge is 0.311 e. The summed E-state index contributed by atoms with van der Waals surface area (Å²) in [5, 5.41) is 10.9. The molecule has 1 aliphatic heterocycles. The number of carbonyl (C=O) groups is 2. The van der Waals surface area contributed by atoms with Gasteiger partial charge >= 0.3 is 5.97 Å². The molecule has 6 nitrogen and oxygen atoms in total. The Hall–Kier alpha value is -2.34. The number of rotatable bonds is 5. The van der Waals surface area contributed by atoms with E-state index >= 15 is 0 Å². The van der Waals surface area contributed by atoms with Crippen LogP contribution in [-0.2, 0) is 16.1 Å². The first kappa shape index (κ1) is 19.0. The zero-order valence-corrected chi connectivity index (χ0v) is 16.8. The maximum Gasteiger partial charge on any atom is 0.311 e. The zero-order chi connectivity index (χ0) is 20.1. The monoisotopic (exact) mass is 384 g/mol. The number of methoxy groups -OCH3 is 1. The second-order valence-electron chi connectivity index (χ2n) is 8.32. The second kappa shape index (κ2) is 6.92. The third kappa shape index (κ3) is 2.73. The highest BCUT2D eigenvalue weighted by molar-refractivity contribution is 5.99. The zero-order valence-electron chi connectivity index (χ0n) is 16.8. The van der Waals surface area contributed by atoms with Crippen molar-refractivity contribution in [2.75, 3.05) is 26.8 Å². The molecule has 0 unspecified atom stereocenters. The van der Waals surface area contributed by atoms with E-state index in [-0.39, 0.29) is 11.8 Å². The van der Waals surface area contributed by atoms with Gasteiger partial charge < -0.3 is 19.3 Å². The lowest BCUT2D eigenvalue weighted by molar-refractivity contribution is -0.149. The maximum absolute atomic E-state index is 13.2. The molecule has 0 bridgehead atoms. The minimum Gasteiger partial charge on any atom is -0.481 e. The van der Waals surface area contributed by atoms with Gasteiger partial charge in [0.25, 0.3) is 5.91 Å². The number of carbonyl (C=O) groups excluding carboxylic acids is 1. The van der Waals surface area contributed by atoms with Crippen molar-refractivity contribution in [2.24, 2.45) is 11.3 Å². The molecule has 1 saturated heterocycles. The molecule has 0 radical (unpaired) electrons. The average Bonchev–Trinajstić information content (AvgIpc) is 3.31. The first-order valence-electron chi connectivity index (χ1n) is 10.00. The van der Waals surface area contributed by atoms with Crippen molar-refractivity contribution in [1.82, 2.24) is 9.47 Å². The molecular weight excluding hydrogens is 356 g/mol. The highest BCUT2D eigenvalue weighted by atomic mass is 16.5. The molecule has 6 heteroatoms. The number of fused-ring (bicyclic) bond motifs is 2. The van der Waals surface area contributed by atoms with Crippen LogP contribution in [0.4, 0.5) is 0 Å². The number of ether oxygens (including phenoxy) is 1. The Labute approximate surface area is 165 Å². The molecule has 2 aromatic rings. The summed E-state index contributed by atoms with van der Waals surface area (Å²) in [7, 11) is 1.69. The van der Waals surface area contributed by atoms with Crippen LogP contribution in [0.5, 0.6) is 0 Å². The number of likely N-dealkylation sites (tertiary alicyclic amines) is 1.